The number of hydrazine groups is 1. The van der Waals surface area contributed by atoms with Crippen molar-refractivity contribution in [3.63, 3.8) is 0 Å². The van der Waals surface area contributed by atoms with E-state index in [2.05, 4.69) is 20.6 Å². The molecule has 2 atom stereocenters. The van der Waals surface area contributed by atoms with E-state index in [1.54, 1.807) is 31.3 Å². The van der Waals surface area contributed by atoms with Crippen molar-refractivity contribution in [1.29, 1.82) is 0 Å². The van der Waals surface area contributed by atoms with Crippen molar-refractivity contribution in [3.05, 3.63) is 30.1 Å². The van der Waals surface area contributed by atoms with Crippen molar-refractivity contribution in [2.24, 2.45) is 5.92 Å². The smallest absolute Gasteiger partial charge is 0.313 e. The van der Waals surface area contributed by atoms with Gasteiger partial charge in [0.25, 0.3) is 0 Å². The van der Waals surface area contributed by atoms with Gasteiger partial charge in [-0.05, 0) is 19.1 Å². The second-order valence-corrected chi connectivity index (χ2v) is 6.38. The summed E-state index contributed by atoms with van der Waals surface area (Å²) in [5, 5.41) is -1.07. The quantitative estimate of drug-likeness (QED) is 0.585. The van der Waals surface area contributed by atoms with Gasteiger partial charge in [-0.3, -0.25) is 15.2 Å². The van der Waals surface area contributed by atoms with Crippen molar-refractivity contribution >= 4 is 16.0 Å². The zero-order valence-corrected chi connectivity index (χ0v) is 12.4. The molecule has 1 aromatic heterocycles. The van der Waals surface area contributed by atoms with Crippen LogP contribution in [0.3, 0.4) is 0 Å². The first-order valence-electron chi connectivity index (χ1n) is 6.58. The minimum atomic E-state index is -3.74. The first kappa shape index (κ1) is 15.8. The molecule has 1 saturated heterocycles. The number of esters is 1. The first-order chi connectivity index (χ1) is 10.0. The summed E-state index contributed by atoms with van der Waals surface area (Å²) in [6, 6.07) is 5.23. The lowest BCUT2D eigenvalue weighted by Gasteiger charge is -2.18. The molecule has 1 aromatic rings. The fraction of sp³-hybridized carbons (Fsp3) is 0.500. The molecule has 0 spiro atoms. The Bertz CT molecular complexity index is 578. The minimum absolute atomic E-state index is 0.0664. The Morgan fingerprint density at radius 1 is 1.52 bits per heavy atom. The molecule has 0 radical (unpaired) electrons. The lowest BCUT2D eigenvalue weighted by Crippen LogP contribution is -2.47. The number of ether oxygens (including phenoxy) is 1. The maximum Gasteiger partial charge on any atom is 0.313 e. The summed E-state index contributed by atoms with van der Waals surface area (Å²) in [5.74, 6) is -1.32. The SMILES string of the molecule is CCOC(=O)C1CNNC1S(=O)(=O)NCc1ccccn1. The van der Waals surface area contributed by atoms with E-state index < -0.39 is 27.3 Å². The van der Waals surface area contributed by atoms with Crippen molar-refractivity contribution in [3.8, 4) is 0 Å². The van der Waals surface area contributed by atoms with E-state index in [0.29, 0.717) is 5.69 Å². The molecule has 8 nitrogen and oxygen atoms in total. The summed E-state index contributed by atoms with van der Waals surface area (Å²) in [5.41, 5.74) is 5.88. The number of carbonyl (C=O) groups excluding carboxylic acids is 1. The molecule has 116 valence electrons. The van der Waals surface area contributed by atoms with Gasteiger partial charge in [0.2, 0.25) is 10.0 Å². The number of carbonyl (C=O) groups is 1. The van der Waals surface area contributed by atoms with Gasteiger partial charge in [0.15, 0.2) is 5.37 Å². The van der Waals surface area contributed by atoms with Crippen LogP contribution >= 0.6 is 0 Å². The topological polar surface area (TPSA) is 109 Å². The van der Waals surface area contributed by atoms with Gasteiger partial charge >= 0.3 is 5.97 Å². The molecule has 2 unspecified atom stereocenters. The van der Waals surface area contributed by atoms with Crippen molar-refractivity contribution in [2.75, 3.05) is 13.2 Å². The maximum atomic E-state index is 12.3. The lowest BCUT2D eigenvalue weighted by atomic mass is 10.2. The molecular weight excluding hydrogens is 296 g/mol. The lowest BCUT2D eigenvalue weighted by molar-refractivity contribution is -0.147. The van der Waals surface area contributed by atoms with Gasteiger partial charge in [0, 0.05) is 12.7 Å². The van der Waals surface area contributed by atoms with Crippen molar-refractivity contribution in [2.45, 2.75) is 18.8 Å². The molecule has 2 heterocycles. The van der Waals surface area contributed by atoms with Crippen LogP contribution in [0.15, 0.2) is 24.4 Å². The monoisotopic (exact) mass is 314 g/mol. The molecule has 21 heavy (non-hydrogen) atoms. The standard InChI is InChI=1S/C12H18N4O4S/c1-2-20-12(17)10-8-14-16-11(10)21(18,19)15-7-9-5-3-4-6-13-9/h3-6,10-11,14-16H,2,7-8H2,1H3. The summed E-state index contributed by atoms with van der Waals surface area (Å²) < 4.78 is 31.9. The van der Waals surface area contributed by atoms with E-state index >= 15 is 0 Å². The summed E-state index contributed by atoms with van der Waals surface area (Å²) in [4.78, 5) is 15.8. The van der Waals surface area contributed by atoms with Crippen LogP contribution in [0.1, 0.15) is 12.6 Å². The van der Waals surface area contributed by atoms with Crippen LogP contribution in [0, 0.1) is 5.92 Å². The van der Waals surface area contributed by atoms with Crippen molar-refractivity contribution < 1.29 is 17.9 Å². The van der Waals surface area contributed by atoms with Gasteiger partial charge in [0.05, 0.1) is 18.8 Å². The summed E-state index contributed by atoms with van der Waals surface area (Å²) >= 11 is 0. The van der Waals surface area contributed by atoms with E-state index in [0.717, 1.165) is 0 Å². The van der Waals surface area contributed by atoms with Gasteiger partial charge in [-0.1, -0.05) is 6.07 Å². The van der Waals surface area contributed by atoms with Crippen LogP contribution in [0.2, 0.25) is 0 Å². The second-order valence-electron chi connectivity index (χ2n) is 4.49. The van der Waals surface area contributed by atoms with E-state index in [4.69, 9.17) is 4.74 Å². The Hall–Kier alpha value is -1.55. The van der Waals surface area contributed by atoms with Crippen molar-refractivity contribution in [1.82, 2.24) is 20.6 Å². The molecule has 1 aliphatic heterocycles. The molecule has 3 N–H and O–H groups in total. The van der Waals surface area contributed by atoms with E-state index in [9.17, 15) is 13.2 Å². The molecule has 0 saturated carbocycles. The highest BCUT2D eigenvalue weighted by Gasteiger charge is 2.42. The van der Waals surface area contributed by atoms with Crippen LogP contribution in [-0.4, -0.2) is 37.9 Å². The average molecular weight is 314 g/mol. The largest absolute Gasteiger partial charge is 0.466 e. The zero-order chi connectivity index (χ0) is 15.3. The third kappa shape index (κ3) is 3.97. The van der Waals surface area contributed by atoms with E-state index in [1.165, 1.54) is 0 Å². The zero-order valence-electron chi connectivity index (χ0n) is 11.6. The van der Waals surface area contributed by atoms with Gasteiger partial charge < -0.3 is 4.74 Å². The predicted octanol–water partition coefficient (Wildman–Crippen LogP) is -0.886. The molecule has 1 fully saturated rings. The van der Waals surface area contributed by atoms with Gasteiger partial charge in [-0.15, -0.1) is 0 Å². The highest BCUT2D eigenvalue weighted by Crippen LogP contribution is 2.15. The summed E-state index contributed by atoms with van der Waals surface area (Å²) in [6.07, 6.45) is 1.58. The summed E-state index contributed by atoms with van der Waals surface area (Å²) in [6.45, 7) is 2.16. The number of hydrogen-bond acceptors (Lipinski definition) is 7. The number of aromatic nitrogens is 1. The number of rotatable bonds is 6. The molecular formula is C12H18N4O4S. The van der Waals surface area contributed by atoms with Gasteiger partial charge in [-0.2, -0.15) is 0 Å². The Morgan fingerprint density at radius 2 is 2.33 bits per heavy atom. The fourth-order valence-corrected chi connectivity index (χ4v) is 3.40. The maximum absolute atomic E-state index is 12.3. The molecule has 0 amide bonds. The molecule has 0 aliphatic carbocycles. The first-order valence-corrected chi connectivity index (χ1v) is 8.12. The van der Waals surface area contributed by atoms with E-state index in [-0.39, 0.29) is 19.7 Å². The van der Waals surface area contributed by atoms with E-state index in [1.807, 2.05) is 0 Å². The average Bonchev–Trinajstić information content (AvgIpc) is 2.97. The van der Waals surface area contributed by atoms with Crippen LogP contribution in [-0.2, 0) is 26.1 Å². The predicted molar refractivity (Wildman–Crippen MR) is 75.0 cm³/mol. The molecule has 9 heteroatoms. The van der Waals surface area contributed by atoms with Crippen LogP contribution in [0.25, 0.3) is 0 Å². The Labute approximate surface area is 123 Å². The number of nitrogens with zero attached hydrogens (tertiary/aromatic N) is 1. The number of pyridine rings is 1. The third-order valence-electron chi connectivity index (χ3n) is 3.04. The Morgan fingerprint density at radius 3 is 3.00 bits per heavy atom. The number of sulfonamides is 1. The van der Waals surface area contributed by atoms with Gasteiger partial charge in [-0.25, -0.2) is 18.6 Å². The molecule has 0 bridgehead atoms. The molecule has 2 rings (SSSR count). The summed E-state index contributed by atoms with van der Waals surface area (Å²) in [7, 11) is -3.74. The van der Waals surface area contributed by atoms with Crippen LogP contribution < -0.4 is 15.6 Å². The van der Waals surface area contributed by atoms with Crippen LogP contribution in [0.4, 0.5) is 0 Å². The molecule has 0 aromatic carbocycles. The normalized spacial score (nSPS) is 22.1. The Balaban J connectivity index is 2.02. The highest BCUT2D eigenvalue weighted by molar-refractivity contribution is 7.90. The number of hydrogen-bond donors (Lipinski definition) is 3. The fourth-order valence-electron chi connectivity index (χ4n) is 1.99. The van der Waals surface area contributed by atoms with Crippen LogP contribution in [0.5, 0.6) is 0 Å². The highest BCUT2D eigenvalue weighted by atomic mass is 32.2. The molecule has 1 aliphatic rings. The van der Waals surface area contributed by atoms with Gasteiger partial charge in [0.1, 0.15) is 5.92 Å². The third-order valence-corrected chi connectivity index (χ3v) is 4.70. The number of nitrogens with one attached hydrogen (secondary N) is 3. The Kier molecular flexibility index (Phi) is 5.23. The second kappa shape index (κ2) is 6.94. The minimum Gasteiger partial charge on any atom is -0.466 e.